The number of benzene rings is 3. The van der Waals surface area contributed by atoms with Gasteiger partial charge < -0.3 is 9.97 Å². The first-order valence-electron chi connectivity index (χ1n) is 16.5. The Bertz CT molecular complexity index is 2440. The number of fused-ring (bicyclic) bond motifs is 8. The summed E-state index contributed by atoms with van der Waals surface area (Å²) in [4.78, 5) is 18.4. The van der Waals surface area contributed by atoms with Crippen LogP contribution in [-0.2, 0) is 14.1 Å². The van der Waals surface area contributed by atoms with E-state index in [2.05, 4.69) is 167 Å². The number of H-pyrrole nitrogens is 2. The highest BCUT2D eigenvalue weighted by molar-refractivity contribution is 5.99. The van der Waals surface area contributed by atoms with Crippen molar-refractivity contribution in [3.05, 3.63) is 150 Å². The number of imidazole rings is 1. The third-order valence-electron chi connectivity index (χ3n) is 9.35. The van der Waals surface area contributed by atoms with Gasteiger partial charge in [-0.05, 0) is 65.3 Å². The molecule has 0 atom stereocenters. The second-order valence-corrected chi connectivity index (χ2v) is 12.4. The van der Waals surface area contributed by atoms with E-state index < -0.39 is 0 Å². The maximum atomic E-state index is 5.35. The molecule has 6 heteroatoms. The molecule has 0 unspecified atom stereocenters. The van der Waals surface area contributed by atoms with Gasteiger partial charge in [0.25, 0.3) is 5.82 Å². The molecular weight excluding hydrogens is 601 g/mol. The highest BCUT2D eigenvalue weighted by Gasteiger charge is 2.22. The van der Waals surface area contributed by atoms with Gasteiger partial charge in [-0.1, -0.05) is 91.0 Å². The van der Waals surface area contributed by atoms with Gasteiger partial charge in [0.2, 0.25) is 0 Å². The normalized spacial score (nSPS) is 12.1. The largest absolute Gasteiger partial charge is 0.354 e. The monoisotopic (exact) mass is 633 g/mol. The Morgan fingerprint density at radius 1 is 0.469 bits per heavy atom. The Hall–Kier alpha value is -6.53. The van der Waals surface area contributed by atoms with Crippen molar-refractivity contribution in [1.82, 2.24) is 24.5 Å². The van der Waals surface area contributed by atoms with Crippen LogP contribution in [-0.4, -0.2) is 24.5 Å². The number of aromatic nitrogens is 6. The maximum absolute atomic E-state index is 5.35. The van der Waals surface area contributed by atoms with Crippen LogP contribution in [0.4, 0.5) is 0 Å². The summed E-state index contributed by atoms with van der Waals surface area (Å²) in [5.74, 6) is 1.06. The number of aryl methyl sites for hydroxylation is 2. The Labute approximate surface area is 284 Å². The lowest BCUT2D eigenvalue weighted by Crippen LogP contribution is -2.28. The SMILES string of the molecule is Cn1cc[n+](C)c1-c1c2ccc([nH]2)c(-c2ccccc2)c2nc(c(-c3ccccc3)c3nc(c(-c4ccccc4)c4ccc1[nH]4)C=C3)C=C2. The average molecular weight is 634 g/mol. The molecule has 0 radical (unpaired) electrons. The van der Waals surface area contributed by atoms with Crippen LogP contribution in [0.2, 0.25) is 0 Å². The van der Waals surface area contributed by atoms with E-state index in [0.29, 0.717) is 0 Å². The van der Waals surface area contributed by atoms with Gasteiger partial charge in [-0.15, -0.1) is 0 Å². The third kappa shape index (κ3) is 4.93. The summed E-state index contributed by atoms with van der Waals surface area (Å²) in [7, 11) is 4.17. The number of nitrogens with one attached hydrogen (secondary N) is 2. The summed E-state index contributed by atoms with van der Waals surface area (Å²) in [5.41, 5.74) is 14.9. The van der Waals surface area contributed by atoms with Gasteiger partial charge in [-0.25, -0.2) is 19.1 Å². The van der Waals surface area contributed by atoms with Crippen LogP contribution in [0.1, 0.15) is 22.8 Å². The van der Waals surface area contributed by atoms with Crippen molar-refractivity contribution in [2.75, 3.05) is 0 Å². The molecule has 6 heterocycles. The summed E-state index contributed by atoms with van der Waals surface area (Å²) in [6.45, 7) is 0. The molecule has 0 amide bonds. The lowest BCUT2D eigenvalue weighted by Gasteiger charge is -2.06. The second kappa shape index (κ2) is 11.6. The quantitative estimate of drug-likeness (QED) is 0.190. The van der Waals surface area contributed by atoms with E-state index in [0.717, 1.165) is 89.6 Å². The molecule has 4 aromatic heterocycles. The molecule has 0 saturated heterocycles. The van der Waals surface area contributed by atoms with E-state index >= 15 is 0 Å². The molecule has 2 aliphatic heterocycles. The molecule has 0 spiro atoms. The minimum absolute atomic E-state index is 0.879. The van der Waals surface area contributed by atoms with Crippen LogP contribution in [0.3, 0.4) is 0 Å². The van der Waals surface area contributed by atoms with Gasteiger partial charge >= 0.3 is 0 Å². The molecule has 2 N–H and O–H groups in total. The third-order valence-corrected chi connectivity index (χ3v) is 9.35. The van der Waals surface area contributed by atoms with Gasteiger partial charge in [0.05, 0.1) is 47.9 Å². The Balaban J connectivity index is 1.50. The standard InChI is InChI=1S/C43H32N6/c1-48-26-27-49(2)43(48)42-37-24-22-35(46-37)40(29-14-8-4-9-15-29)33-20-18-31(44-33)39(28-12-6-3-7-13-28)32-19-21-34(45-32)41(30-16-10-5-11-17-30)36-23-25-38(42)47-36/h3-27H,1-2H3,(H,44,45,46,47)/p+1. The molecule has 7 aromatic rings. The fourth-order valence-corrected chi connectivity index (χ4v) is 7.11. The highest BCUT2D eigenvalue weighted by Crippen LogP contribution is 2.37. The van der Waals surface area contributed by atoms with E-state index in [9.17, 15) is 0 Å². The van der Waals surface area contributed by atoms with E-state index in [1.54, 1.807) is 0 Å². The summed E-state index contributed by atoms with van der Waals surface area (Å²) in [6.07, 6.45) is 12.7. The van der Waals surface area contributed by atoms with E-state index in [1.807, 2.05) is 18.2 Å². The number of nitrogens with zero attached hydrogens (tertiary/aromatic N) is 4. The number of aromatic amines is 2. The Kier molecular flexibility index (Phi) is 6.80. The highest BCUT2D eigenvalue weighted by atomic mass is 15.1. The van der Waals surface area contributed by atoms with E-state index in [4.69, 9.17) is 9.97 Å². The first-order chi connectivity index (χ1) is 24.1. The second-order valence-electron chi connectivity index (χ2n) is 12.4. The molecule has 0 fully saturated rings. The molecule has 8 bridgehead atoms. The Morgan fingerprint density at radius 2 is 0.837 bits per heavy atom. The van der Waals surface area contributed by atoms with Crippen molar-refractivity contribution in [2.45, 2.75) is 0 Å². The first kappa shape index (κ1) is 28.7. The molecule has 9 rings (SSSR count). The predicted molar refractivity (Wildman–Crippen MR) is 201 cm³/mol. The molecule has 2 aliphatic rings. The predicted octanol–water partition coefficient (Wildman–Crippen LogP) is 9.49. The minimum atomic E-state index is 0.879. The van der Waals surface area contributed by atoms with Crippen molar-refractivity contribution >= 4 is 46.4 Å². The molecular formula is C43H33N6+. The van der Waals surface area contributed by atoms with Gasteiger partial charge in [-0.2, -0.15) is 0 Å². The number of hydrogen-bond donors (Lipinski definition) is 2. The van der Waals surface area contributed by atoms with Gasteiger partial charge in [-0.3, -0.25) is 0 Å². The van der Waals surface area contributed by atoms with Crippen molar-refractivity contribution in [2.24, 2.45) is 14.1 Å². The molecule has 3 aromatic carbocycles. The summed E-state index contributed by atoms with van der Waals surface area (Å²) < 4.78 is 4.32. The average Bonchev–Trinajstić information content (AvgIpc) is 3.99. The zero-order valence-electron chi connectivity index (χ0n) is 27.2. The van der Waals surface area contributed by atoms with Crippen LogP contribution in [0.15, 0.2) is 128 Å². The van der Waals surface area contributed by atoms with Gasteiger partial charge in [0.15, 0.2) is 0 Å². The zero-order chi connectivity index (χ0) is 32.9. The molecule has 0 saturated carbocycles. The van der Waals surface area contributed by atoms with Crippen LogP contribution in [0.25, 0.3) is 91.1 Å². The number of hydrogen-bond acceptors (Lipinski definition) is 2. The van der Waals surface area contributed by atoms with Crippen molar-refractivity contribution in [3.8, 4) is 44.8 Å². The number of rotatable bonds is 4. The Morgan fingerprint density at radius 3 is 1.22 bits per heavy atom. The van der Waals surface area contributed by atoms with Crippen molar-refractivity contribution in [1.29, 1.82) is 0 Å². The fourth-order valence-electron chi connectivity index (χ4n) is 7.11. The summed E-state index contributed by atoms with van der Waals surface area (Å²) >= 11 is 0. The molecule has 0 aliphatic carbocycles. The van der Waals surface area contributed by atoms with E-state index in [1.165, 1.54) is 0 Å². The van der Waals surface area contributed by atoms with Crippen LogP contribution >= 0.6 is 0 Å². The first-order valence-corrected chi connectivity index (χ1v) is 16.5. The van der Waals surface area contributed by atoms with Crippen molar-refractivity contribution in [3.63, 3.8) is 0 Å². The topological polar surface area (TPSA) is 66.2 Å². The molecule has 49 heavy (non-hydrogen) atoms. The van der Waals surface area contributed by atoms with Crippen LogP contribution in [0.5, 0.6) is 0 Å². The van der Waals surface area contributed by atoms with Crippen molar-refractivity contribution < 1.29 is 4.57 Å². The van der Waals surface area contributed by atoms with E-state index in [-0.39, 0.29) is 0 Å². The van der Waals surface area contributed by atoms with Crippen LogP contribution < -0.4 is 4.57 Å². The fraction of sp³-hybridized carbons (Fsp3) is 0.0465. The lowest BCUT2D eigenvalue weighted by atomic mass is 10.0. The maximum Gasteiger partial charge on any atom is 0.292 e. The lowest BCUT2D eigenvalue weighted by molar-refractivity contribution is -0.659. The summed E-state index contributed by atoms with van der Waals surface area (Å²) in [5, 5.41) is 0. The minimum Gasteiger partial charge on any atom is -0.354 e. The molecule has 234 valence electrons. The summed E-state index contributed by atoms with van der Waals surface area (Å²) in [6, 6.07) is 40.2. The van der Waals surface area contributed by atoms with Gasteiger partial charge in [0, 0.05) is 27.7 Å². The van der Waals surface area contributed by atoms with Crippen LogP contribution in [0, 0.1) is 0 Å². The molecule has 6 nitrogen and oxygen atoms in total. The van der Waals surface area contributed by atoms with Gasteiger partial charge in [0.1, 0.15) is 18.0 Å². The zero-order valence-corrected chi connectivity index (χ0v) is 27.2. The smallest absolute Gasteiger partial charge is 0.292 e.